The van der Waals surface area contributed by atoms with Crippen molar-refractivity contribution in [3.8, 4) is 0 Å². The Morgan fingerprint density at radius 2 is 1.96 bits per heavy atom. The molecule has 0 unspecified atom stereocenters. The van der Waals surface area contributed by atoms with Crippen LogP contribution in [0.4, 0.5) is 5.69 Å². The minimum atomic E-state index is -0.0219. The lowest BCUT2D eigenvalue weighted by Crippen LogP contribution is -2.29. The number of para-hydroxylation sites is 1. The van der Waals surface area contributed by atoms with Crippen LogP contribution in [0.25, 0.3) is 10.9 Å². The summed E-state index contributed by atoms with van der Waals surface area (Å²) in [6.07, 6.45) is 6.75. The average molecular weight is 322 g/mol. The summed E-state index contributed by atoms with van der Waals surface area (Å²) in [6.45, 7) is 5.12. The van der Waals surface area contributed by atoms with Crippen molar-refractivity contribution in [2.75, 3.05) is 11.6 Å². The maximum atomic E-state index is 11.3. The number of carbonyl (C=O) groups excluding carboxylic acids is 1. The van der Waals surface area contributed by atoms with Crippen LogP contribution in [0.5, 0.6) is 0 Å². The van der Waals surface area contributed by atoms with Crippen LogP contribution in [0.2, 0.25) is 0 Å². The Kier molecular flexibility index (Phi) is 4.79. The fourth-order valence-electron chi connectivity index (χ4n) is 2.88. The second kappa shape index (κ2) is 7.17. The molecule has 5 nitrogen and oxygen atoms in total. The van der Waals surface area contributed by atoms with Gasteiger partial charge in [-0.2, -0.15) is 0 Å². The lowest BCUT2D eigenvalue weighted by atomic mass is 10.2. The fraction of sp³-hybridized carbons (Fsp3) is 0.263. The van der Waals surface area contributed by atoms with Gasteiger partial charge in [-0.25, -0.2) is 0 Å². The van der Waals surface area contributed by atoms with Crippen LogP contribution in [0, 0.1) is 0 Å². The van der Waals surface area contributed by atoms with Gasteiger partial charge in [0.15, 0.2) is 0 Å². The first-order valence-electron chi connectivity index (χ1n) is 8.22. The molecule has 0 aliphatic carbocycles. The second-order valence-electron chi connectivity index (χ2n) is 5.75. The van der Waals surface area contributed by atoms with E-state index in [1.165, 1.54) is 0 Å². The van der Waals surface area contributed by atoms with Gasteiger partial charge in [0.25, 0.3) is 0 Å². The first kappa shape index (κ1) is 16.1. The number of pyridine rings is 1. The lowest BCUT2D eigenvalue weighted by Gasteiger charge is -2.26. The molecule has 3 aromatic rings. The van der Waals surface area contributed by atoms with Gasteiger partial charge in [-0.1, -0.05) is 25.1 Å². The maximum absolute atomic E-state index is 11.3. The highest BCUT2D eigenvalue weighted by Crippen LogP contribution is 2.25. The number of amides is 1. The zero-order valence-corrected chi connectivity index (χ0v) is 14.1. The minimum Gasteiger partial charge on any atom is -0.352 e. The summed E-state index contributed by atoms with van der Waals surface area (Å²) in [5.41, 5.74) is 3.33. The smallest absolute Gasteiger partial charge is 0.217 e. The molecule has 1 aromatic carbocycles. The van der Waals surface area contributed by atoms with E-state index in [4.69, 9.17) is 0 Å². The largest absolute Gasteiger partial charge is 0.352 e. The van der Waals surface area contributed by atoms with Gasteiger partial charge in [0.1, 0.15) is 0 Å². The SMILES string of the molecule is CCCN(c1ccncc1)n1cc(CNC(C)=O)c2ccccc21. The standard InChI is InChI=1S/C19H22N4O/c1-3-12-22(17-8-10-20-11-9-17)23-14-16(13-21-15(2)24)18-6-4-5-7-19(18)23/h4-11,14H,3,12-13H2,1-2H3,(H,21,24). The Hall–Kier alpha value is -2.82. The van der Waals surface area contributed by atoms with E-state index in [0.717, 1.165) is 35.1 Å². The summed E-state index contributed by atoms with van der Waals surface area (Å²) in [4.78, 5) is 15.4. The number of rotatable bonds is 6. The molecule has 0 saturated carbocycles. The molecule has 0 radical (unpaired) electrons. The molecule has 0 atom stereocenters. The number of nitrogens with one attached hydrogen (secondary N) is 1. The Morgan fingerprint density at radius 3 is 2.67 bits per heavy atom. The Morgan fingerprint density at radius 1 is 1.21 bits per heavy atom. The van der Waals surface area contributed by atoms with Crippen molar-refractivity contribution in [2.24, 2.45) is 0 Å². The molecule has 0 aliphatic rings. The summed E-state index contributed by atoms with van der Waals surface area (Å²) in [7, 11) is 0. The van der Waals surface area contributed by atoms with E-state index in [0.29, 0.717) is 6.54 Å². The van der Waals surface area contributed by atoms with E-state index in [1.54, 1.807) is 6.92 Å². The molecule has 0 aliphatic heterocycles. The van der Waals surface area contributed by atoms with Crippen molar-refractivity contribution in [2.45, 2.75) is 26.8 Å². The highest BCUT2D eigenvalue weighted by atomic mass is 16.1. The quantitative estimate of drug-likeness (QED) is 0.757. The van der Waals surface area contributed by atoms with Crippen LogP contribution < -0.4 is 10.3 Å². The van der Waals surface area contributed by atoms with Crippen molar-refractivity contribution in [3.63, 3.8) is 0 Å². The van der Waals surface area contributed by atoms with Gasteiger partial charge in [-0.05, 0) is 30.2 Å². The monoisotopic (exact) mass is 322 g/mol. The number of hydrogen-bond donors (Lipinski definition) is 1. The molecule has 0 saturated heterocycles. The molecule has 3 rings (SSSR count). The predicted octanol–water partition coefficient (Wildman–Crippen LogP) is 3.35. The second-order valence-corrected chi connectivity index (χ2v) is 5.75. The van der Waals surface area contributed by atoms with Gasteiger partial charge in [0.2, 0.25) is 5.91 Å². The van der Waals surface area contributed by atoms with Gasteiger partial charge in [-0.15, -0.1) is 0 Å². The van der Waals surface area contributed by atoms with E-state index in [9.17, 15) is 4.79 Å². The first-order chi connectivity index (χ1) is 11.7. The Bertz CT molecular complexity index is 826. The van der Waals surface area contributed by atoms with Crippen molar-refractivity contribution in [1.82, 2.24) is 15.0 Å². The third kappa shape index (κ3) is 3.25. The van der Waals surface area contributed by atoms with Crippen LogP contribution in [-0.2, 0) is 11.3 Å². The summed E-state index contributed by atoms with van der Waals surface area (Å²) < 4.78 is 2.17. The van der Waals surface area contributed by atoms with Gasteiger partial charge in [0, 0.05) is 44.0 Å². The van der Waals surface area contributed by atoms with Crippen LogP contribution in [0.1, 0.15) is 25.8 Å². The molecule has 24 heavy (non-hydrogen) atoms. The maximum Gasteiger partial charge on any atom is 0.217 e. The van der Waals surface area contributed by atoms with Crippen molar-refractivity contribution >= 4 is 22.5 Å². The summed E-state index contributed by atoms with van der Waals surface area (Å²) in [5.74, 6) is -0.0219. The number of nitrogens with zero attached hydrogens (tertiary/aromatic N) is 3. The molecule has 1 N–H and O–H groups in total. The van der Waals surface area contributed by atoms with Crippen LogP contribution >= 0.6 is 0 Å². The van der Waals surface area contributed by atoms with Gasteiger partial charge in [-0.3, -0.25) is 19.5 Å². The van der Waals surface area contributed by atoms with E-state index >= 15 is 0 Å². The van der Waals surface area contributed by atoms with Crippen molar-refractivity contribution in [3.05, 3.63) is 60.6 Å². The number of carbonyl (C=O) groups is 1. The lowest BCUT2D eigenvalue weighted by molar-refractivity contribution is -0.119. The minimum absolute atomic E-state index is 0.0219. The summed E-state index contributed by atoms with van der Waals surface area (Å²) >= 11 is 0. The molecule has 0 fully saturated rings. The number of aromatic nitrogens is 2. The Balaban J connectivity index is 2.08. The zero-order valence-electron chi connectivity index (χ0n) is 14.1. The molecule has 2 aromatic heterocycles. The van der Waals surface area contributed by atoms with Crippen LogP contribution in [0.3, 0.4) is 0 Å². The summed E-state index contributed by atoms with van der Waals surface area (Å²) in [6, 6.07) is 12.3. The highest BCUT2D eigenvalue weighted by molar-refractivity contribution is 5.85. The van der Waals surface area contributed by atoms with E-state index in [1.807, 2.05) is 36.7 Å². The molecular weight excluding hydrogens is 300 g/mol. The normalized spacial score (nSPS) is 10.8. The first-order valence-corrected chi connectivity index (χ1v) is 8.22. The Labute approximate surface area is 141 Å². The molecule has 0 bridgehead atoms. The van der Waals surface area contributed by atoms with Crippen molar-refractivity contribution in [1.29, 1.82) is 0 Å². The van der Waals surface area contributed by atoms with Crippen LogP contribution in [0.15, 0.2) is 55.0 Å². The topological polar surface area (TPSA) is 50.2 Å². The number of anilines is 1. The molecular formula is C19H22N4O. The molecule has 0 spiro atoms. The van der Waals surface area contributed by atoms with E-state index in [2.05, 4.69) is 45.2 Å². The molecule has 2 heterocycles. The number of hydrogen-bond acceptors (Lipinski definition) is 3. The molecule has 1 amide bonds. The van der Waals surface area contributed by atoms with Crippen LogP contribution in [-0.4, -0.2) is 22.1 Å². The number of fused-ring (bicyclic) bond motifs is 1. The number of benzene rings is 1. The van der Waals surface area contributed by atoms with Gasteiger partial charge in [0.05, 0.1) is 11.2 Å². The average Bonchev–Trinajstić information content (AvgIpc) is 2.97. The fourth-order valence-corrected chi connectivity index (χ4v) is 2.88. The third-order valence-corrected chi connectivity index (χ3v) is 3.96. The summed E-state index contributed by atoms with van der Waals surface area (Å²) in [5, 5.41) is 6.29. The predicted molar refractivity (Wildman–Crippen MR) is 96.7 cm³/mol. The van der Waals surface area contributed by atoms with E-state index < -0.39 is 0 Å². The molecule has 5 heteroatoms. The van der Waals surface area contributed by atoms with Gasteiger partial charge >= 0.3 is 0 Å². The zero-order chi connectivity index (χ0) is 16.9. The van der Waals surface area contributed by atoms with Crippen molar-refractivity contribution < 1.29 is 4.79 Å². The van der Waals surface area contributed by atoms with E-state index in [-0.39, 0.29) is 5.91 Å². The third-order valence-electron chi connectivity index (χ3n) is 3.96. The highest BCUT2D eigenvalue weighted by Gasteiger charge is 2.14. The van der Waals surface area contributed by atoms with Gasteiger partial charge < -0.3 is 5.32 Å². The molecule has 124 valence electrons.